The third-order valence-electron chi connectivity index (χ3n) is 0.387. The molecule has 0 saturated carbocycles. The normalized spacial score (nSPS) is 8.14. The van der Waals surface area contributed by atoms with Crippen molar-refractivity contribution in [2.75, 3.05) is 0 Å². The Bertz CT molecular complexity index is 193. The van der Waals surface area contributed by atoms with E-state index in [2.05, 4.69) is 9.47 Å². The van der Waals surface area contributed by atoms with Crippen molar-refractivity contribution in [1.82, 2.24) is 0 Å². The molecule has 0 aromatic carbocycles. The molecule has 9 nitrogen and oxygen atoms in total. The monoisotopic (exact) mass is 216 g/mol. The van der Waals surface area contributed by atoms with Crippen molar-refractivity contribution in [3.8, 4) is 0 Å². The summed E-state index contributed by atoms with van der Waals surface area (Å²) in [6.07, 6.45) is -5.73. The highest BCUT2D eigenvalue weighted by Crippen LogP contribution is 1.96. The molecule has 0 aliphatic heterocycles. The quantitative estimate of drug-likeness (QED) is 0.388. The molecular weight excluding hydrogens is 211 g/mol. The predicted octanol–water partition coefficient (Wildman–Crippen LogP) is 0.851. The lowest BCUT2D eigenvalue weighted by molar-refractivity contribution is -0.165. The molecular formula is C4H5FO9. The zero-order chi connectivity index (χ0) is 11.7. The average molecular weight is 216 g/mol. The van der Waals surface area contributed by atoms with E-state index in [0.29, 0.717) is 0 Å². The minimum Gasteiger partial charge on any atom is -0.450 e. The number of halogens is 1. The van der Waals surface area contributed by atoms with Crippen LogP contribution in [0.1, 0.15) is 0 Å². The smallest absolute Gasteiger partial charge is 0.450 e. The third-order valence-corrected chi connectivity index (χ3v) is 0.387. The maximum absolute atomic E-state index is 11.7. The summed E-state index contributed by atoms with van der Waals surface area (Å²) >= 11 is 0. The molecule has 14 heavy (non-hydrogen) atoms. The van der Waals surface area contributed by atoms with Gasteiger partial charge in [-0.2, -0.15) is 4.39 Å². The molecule has 0 aromatic rings. The standard InChI is InChI=1S/C3H3FO6.CH2O3/c4-1(9-2(5)6)10-3(7)8;2-1(3)4/h1H,(H,5,6)(H,7,8);(H2,2,3,4). The largest absolute Gasteiger partial charge is 0.510 e. The molecule has 82 valence electrons. The van der Waals surface area contributed by atoms with Crippen LogP contribution in [-0.4, -0.2) is 45.4 Å². The van der Waals surface area contributed by atoms with Crippen LogP contribution < -0.4 is 0 Å². The highest BCUT2D eigenvalue weighted by Gasteiger charge is 2.15. The van der Waals surface area contributed by atoms with Crippen LogP contribution in [0.5, 0.6) is 0 Å². The fourth-order valence-corrected chi connectivity index (χ4v) is 0.183. The summed E-state index contributed by atoms with van der Waals surface area (Å²) in [6.45, 7) is -2.78. The summed E-state index contributed by atoms with van der Waals surface area (Å²) in [5.74, 6) is 0. The average Bonchev–Trinajstić information content (AvgIpc) is 1.79. The van der Waals surface area contributed by atoms with E-state index in [1.165, 1.54) is 0 Å². The van der Waals surface area contributed by atoms with Crippen LogP contribution >= 0.6 is 0 Å². The van der Waals surface area contributed by atoms with Gasteiger partial charge in [0.2, 0.25) is 0 Å². The number of alkyl halides is 1. The van der Waals surface area contributed by atoms with Gasteiger partial charge in [0.25, 0.3) is 0 Å². The van der Waals surface area contributed by atoms with Gasteiger partial charge >= 0.3 is 25.0 Å². The number of carbonyl (C=O) groups is 3. The van der Waals surface area contributed by atoms with Gasteiger partial charge in [-0.05, 0) is 0 Å². The van der Waals surface area contributed by atoms with Gasteiger partial charge in [-0.3, -0.25) is 0 Å². The van der Waals surface area contributed by atoms with E-state index in [1.807, 2.05) is 0 Å². The number of hydrogen-bond donors (Lipinski definition) is 4. The fraction of sp³-hybridized carbons (Fsp3) is 0.250. The van der Waals surface area contributed by atoms with E-state index in [-0.39, 0.29) is 0 Å². The van der Waals surface area contributed by atoms with E-state index < -0.39 is 25.0 Å². The van der Waals surface area contributed by atoms with E-state index in [9.17, 15) is 14.0 Å². The second-order valence-electron chi connectivity index (χ2n) is 1.32. The molecule has 0 bridgehead atoms. The van der Waals surface area contributed by atoms with Crippen molar-refractivity contribution in [3.63, 3.8) is 0 Å². The van der Waals surface area contributed by atoms with Crippen LogP contribution in [0.3, 0.4) is 0 Å². The number of hydrogen-bond acceptors (Lipinski definition) is 5. The predicted molar refractivity (Wildman–Crippen MR) is 33.8 cm³/mol. The molecule has 0 aromatic heterocycles. The number of rotatable bonds is 2. The molecule has 0 heterocycles. The van der Waals surface area contributed by atoms with E-state index in [4.69, 9.17) is 25.2 Å². The van der Waals surface area contributed by atoms with Crippen molar-refractivity contribution < 1.29 is 48.7 Å². The molecule has 0 radical (unpaired) electrons. The van der Waals surface area contributed by atoms with Gasteiger partial charge in [0.05, 0.1) is 0 Å². The maximum Gasteiger partial charge on any atom is 0.510 e. The van der Waals surface area contributed by atoms with Gasteiger partial charge in [0.1, 0.15) is 0 Å². The molecule has 0 rings (SSSR count). The van der Waals surface area contributed by atoms with Gasteiger partial charge in [0.15, 0.2) is 0 Å². The third kappa shape index (κ3) is 22.6. The van der Waals surface area contributed by atoms with Crippen molar-refractivity contribution >= 4 is 18.5 Å². The minimum atomic E-state index is -2.78. The molecule has 0 atom stereocenters. The Morgan fingerprint density at radius 1 is 0.929 bits per heavy atom. The molecule has 0 fully saturated rings. The van der Waals surface area contributed by atoms with Crippen LogP contribution in [0.2, 0.25) is 0 Å². The summed E-state index contributed by atoms with van der Waals surface area (Å²) in [5, 5.41) is 29.3. The van der Waals surface area contributed by atoms with Gasteiger partial charge < -0.3 is 29.9 Å². The Labute approximate surface area is 74.9 Å². The summed E-state index contributed by atoms with van der Waals surface area (Å²) < 4.78 is 18.1. The molecule has 0 aliphatic rings. The number of carboxylic acid groups (broad SMARTS) is 4. The van der Waals surface area contributed by atoms with E-state index >= 15 is 0 Å². The Kier molecular flexibility index (Phi) is 7.54. The molecule has 10 heteroatoms. The summed E-state index contributed by atoms with van der Waals surface area (Å²) in [7, 11) is 0. The highest BCUT2D eigenvalue weighted by molar-refractivity contribution is 5.58. The Morgan fingerprint density at radius 3 is 1.29 bits per heavy atom. The summed E-state index contributed by atoms with van der Waals surface area (Å²) in [4.78, 5) is 27.5. The lowest BCUT2D eigenvalue weighted by atomic mass is 11.2. The number of ether oxygens (including phenoxy) is 2. The highest BCUT2D eigenvalue weighted by atomic mass is 19.2. The first-order valence-electron chi connectivity index (χ1n) is 2.60. The molecule has 4 N–H and O–H groups in total. The minimum absolute atomic E-state index is 1.83. The van der Waals surface area contributed by atoms with Gasteiger partial charge in [-0.1, -0.05) is 0 Å². The van der Waals surface area contributed by atoms with Crippen molar-refractivity contribution in [2.24, 2.45) is 0 Å². The van der Waals surface area contributed by atoms with Crippen LogP contribution in [0.15, 0.2) is 0 Å². The fourth-order valence-electron chi connectivity index (χ4n) is 0.183. The van der Waals surface area contributed by atoms with E-state index in [0.717, 1.165) is 0 Å². The van der Waals surface area contributed by atoms with Crippen LogP contribution in [0, 0.1) is 0 Å². The Hall–Kier alpha value is -2.26. The van der Waals surface area contributed by atoms with Crippen molar-refractivity contribution in [2.45, 2.75) is 6.54 Å². The summed E-state index contributed by atoms with van der Waals surface area (Å²) in [5.41, 5.74) is 0. The second-order valence-corrected chi connectivity index (χ2v) is 1.32. The van der Waals surface area contributed by atoms with Gasteiger partial charge in [-0.25, -0.2) is 14.4 Å². The maximum atomic E-state index is 11.7. The first-order chi connectivity index (χ1) is 6.25. The zero-order valence-electron chi connectivity index (χ0n) is 6.29. The molecule has 0 saturated heterocycles. The molecule has 0 spiro atoms. The van der Waals surface area contributed by atoms with E-state index in [1.54, 1.807) is 0 Å². The van der Waals surface area contributed by atoms with Crippen molar-refractivity contribution in [3.05, 3.63) is 0 Å². The lowest BCUT2D eigenvalue weighted by Gasteiger charge is -2.03. The first-order valence-corrected chi connectivity index (χ1v) is 2.60. The van der Waals surface area contributed by atoms with Crippen LogP contribution in [0.25, 0.3) is 0 Å². The second kappa shape index (κ2) is 7.39. The SMILES string of the molecule is O=C(O)O.O=C(O)OC(F)OC(=O)O. The van der Waals surface area contributed by atoms with Gasteiger partial charge in [0, 0.05) is 0 Å². The zero-order valence-corrected chi connectivity index (χ0v) is 6.29. The van der Waals surface area contributed by atoms with Crippen LogP contribution in [-0.2, 0) is 9.47 Å². The Balaban J connectivity index is 0. The summed E-state index contributed by atoms with van der Waals surface area (Å²) in [6, 6.07) is 0. The first kappa shape index (κ1) is 14.3. The molecule has 0 aliphatic carbocycles. The Morgan fingerprint density at radius 2 is 1.14 bits per heavy atom. The van der Waals surface area contributed by atoms with Gasteiger partial charge in [-0.15, -0.1) is 0 Å². The molecule has 0 amide bonds. The topological polar surface area (TPSA) is 151 Å². The van der Waals surface area contributed by atoms with Crippen LogP contribution in [0.4, 0.5) is 18.8 Å². The lowest BCUT2D eigenvalue weighted by Crippen LogP contribution is -2.18. The molecule has 0 unspecified atom stereocenters. The van der Waals surface area contributed by atoms with Crippen molar-refractivity contribution in [1.29, 1.82) is 0 Å².